The van der Waals surface area contributed by atoms with Gasteiger partial charge in [-0.1, -0.05) is 18.2 Å². The first-order chi connectivity index (χ1) is 15.8. The van der Waals surface area contributed by atoms with Crippen molar-refractivity contribution < 1.29 is 4.74 Å². The second kappa shape index (κ2) is 11.5. The molecule has 1 saturated heterocycles. The van der Waals surface area contributed by atoms with Gasteiger partial charge in [0.1, 0.15) is 11.6 Å². The minimum Gasteiger partial charge on any atom is -0.381 e. The molecule has 0 atom stereocenters. The molecule has 4 N–H and O–H groups in total. The Morgan fingerprint density at radius 2 is 1.91 bits per heavy atom. The van der Waals surface area contributed by atoms with Crippen molar-refractivity contribution in [1.82, 2.24) is 20.2 Å². The van der Waals surface area contributed by atoms with Gasteiger partial charge in [0.2, 0.25) is 0 Å². The molecule has 1 aromatic carbocycles. The molecular weight excluding hydrogens is 414 g/mol. The summed E-state index contributed by atoms with van der Waals surface area (Å²) >= 11 is 0. The van der Waals surface area contributed by atoms with Crippen LogP contribution in [0.5, 0.6) is 0 Å². The number of hydrogen-bond acceptors (Lipinski definition) is 8. The van der Waals surface area contributed by atoms with E-state index >= 15 is 0 Å². The Balaban J connectivity index is 1.96. The van der Waals surface area contributed by atoms with Gasteiger partial charge < -0.3 is 31.0 Å². The van der Waals surface area contributed by atoms with Gasteiger partial charge in [-0.05, 0) is 59.3 Å². The molecule has 0 bridgehead atoms. The summed E-state index contributed by atoms with van der Waals surface area (Å²) in [6.07, 6.45) is 3.19. The number of hydrogen-bond donors (Lipinski definition) is 4. The Hall–Kier alpha value is -2.55. The van der Waals surface area contributed by atoms with E-state index in [9.17, 15) is 0 Å². The monoisotopic (exact) mass is 453 g/mol. The van der Waals surface area contributed by atoms with E-state index in [1.54, 1.807) is 0 Å². The Bertz CT molecular complexity index is 919. The molecule has 1 fully saturated rings. The lowest BCUT2D eigenvalue weighted by atomic mass is 10.1. The first kappa shape index (κ1) is 25.1. The molecule has 0 spiro atoms. The molecule has 1 aliphatic heterocycles. The maximum absolute atomic E-state index is 8.07. The molecule has 33 heavy (non-hydrogen) atoms. The molecule has 0 amide bonds. The van der Waals surface area contributed by atoms with E-state index in [1.807, 2.05) is 7.05 Å². The van der Waals surface area contributed by atoms with Crippen molar-refractivity contribution in [2.75, 3.05) is 51.0 Å². The van der Waals surface area contributed by atoms with E-state index in [-0.39, 0.29) is 11.6 Å². The summed E-state index contributed by atoms with van der Waals surface area (Å²) in [6, 6.07) is 8.69. The molecule has 0 saturated carbocycles. The molecular formula is C25H39N7O. The van der Waals surface area contributed by atoms with E-state index in [1.165, 1.54) is 11.8 Å². The average molecular weight is 454 g/mol. The van der Waals surface area contributed by atoms with Crippen LogP contribution in [-0.2, 0) is 11.3 Å². The number of anilines is 2. The highest BCUT2D eigenvalue weighted by Gasteiger charge is 2.22. The van der Waals surface area contributed by atoms with Crippen molar-refractivity contribution in [2.45, 2.75) is 51.7 Å². The fraction of sp³-hybridized carbons (Fsp3) is 0.560. The van der Waals surface area contributed by atoms with Crippen LogP contribution in [-0.4, -0.2) is 73.1 Å². The van der Waals surface area contributed by atoms with Crippen molar-refractivity contribution in [1.29, 1.82) is 5.41 Å². The molecule has 2 heterocycles. The highest BCUT2D eigenvalue weighted by atomic mass is 16.5. The fourth-order valence-corrected chi connectivity index (χ4v) is 3.83. The van der Waals surface area contributed by atoms with E-state index in [4.69, 9.17) is 20.1 Å². The molecule has 180 valence electrons. The zero-order valence-electron chi connectivity index (χ0n) is 20.7. The second-order valence-electron chi connectivity index (χ2n) is 9.75. The minimum absolute atomic E-state index is 0.197. The van der Waals surface area contributed by atoms with E-state index < -0.39 is 0 Å². The molecule has 1 aromatic heterocycles. The summed E-state index contributed by atoms with van der Waals surface area (Å²) in [7, 11) is 4.10. The third-order valence-corrected chi connectivity index (χ3v) is 5.53. The molecule has 1 aliphatic rings. The Labute approximate surface area is 198 Å². The third-order valence-electron chi connectivity index (χ3n) is 5.53. The highest BCUT2D eigenvalue weighted by molar-refractivity contribution is 5.91. The lowest BCUT2D eigenvalue weighted by Crippen LogP contribution is -2.30. The zero-order valence-corrected chi connectivity index (χ0v) is 20.7. The van der Waals surface area contributed by atoms with Crippen LogP contribution in [0, 0.1) is 5.41 Å². The van der Waals surface area contributed by atoms with Gasteiger partial charge in [0.05, 0.1) is 5.56 Å². The van der Waals surface area contributed by atoms with Crippen molar-refractivity contribution in [3.05, 3.63) is 35.4 Å². The summed E-state index contributed by atoms with van der Waals surface area (Å²) in [5.41, 5.74) is 2.67. The Kier molecular flexibility index (Phi) is 8.77. The van der Waals surface area contributed by atoms with Crippen LogP contribution in [0.15, 0.2) is 24.3 Å². The third kappa shape index (κ3) is 7.48. The quantitative estimate of drug-likeness (QED) is 0.408. The topological polar surface area (TPSA) is 98.2 Å². The Morgan fingerprint density at radius 1 is 1.18 bits per heavy atom. The van der Waals surface area contributed by atoms with Crippen molar-refractivity contribution in [2.24, 2.45) is 0 Å². The first-order valence-corrected chi connectivity index (χ1v) is 11.8. The van der Waals surface area contributed by atoms with Crippen LogP contribution in [0.3, 0.4) is 0 Å². The van der Waals surface area contributed by atoms with Crippen molar-refractivity contribution in [3.63, 3.8) is 0 Å². The predicted octanol–water partition coefficient (Wildman–Crippen LogP) is 3.59. The largest absolute Gasteiger partial charge is 0.381 e. The zero-order chi connectivity index (χ0) is 23.8. The van der Waals surface area contributed by atoms with Gasteiger partial charge in [0, 0.05) is 56.2 Å². The number of nitrogens with zero attached hydrogens (tertiary/aromatic N) is 3. The van der Waals surface area contributed by atoms with Crippen LogP contribution in [0.1, 0.15) is 44.7 Å². The number of ether oxygens (including phenoxy) is 1. The normalized spacial score (nSPS) is 15.0. The Morgan fingerprint density at radius 3 is 2.58 bits per heavy atom. The molecule has 0 radical (unpaired) electrons. The van der Waals surface area contributed by atoms with Crippen molar-refractivity contribution >= 4 is 17.9 Å². The van der Waals surface area contributed by atoms with Gasteiger partial charge in [0.15, 0.2) is 5.82 Å². The molecule has 8 nitrogen and oxygen atoms in total. The number of nitrogens with one attached hydrogen (secondary N) is 4. The smallest absolute Gasteiger partial charge is 0.163 e. The lowest BCUT2D eigenvalue weighted by molar-refractivity contribution is 0.0904. The van der Waals surface area contributed by atoms with Gasteiger partial charge in [-0.3, -0.25) is 0 Å². The second-order valence-corrected chi connectivity index (χ2v) is 9.75. The first-order valence-electron chi connectivity index (χ1n) is 11.8. The standard InChI is InChI=1S/C25H39N7O/c1-25(2,3)31-24-21(16-26)23(28-20-9-13-33-14-10-20)29-22(30-24)19-8-6-7-18(15-19)17-32(5)12-11-27-4/h6-8,15-16,20,26-27H,9-14,17H2,1-5H3,(H2,28,29,30,31). The summed E-state index contributed by atoms with van der Waals surface area (Å²) in [6.45, 7) is 10.5. The number of rotatable bonds is 10. The van der Waals surface area contributed by atoms with E-state index in [2.05, 4.69) is 72.9 Å². The molecule has 8 heteroatoms. The minimum atomic E-state index is -0.197. The van der Waals surface area contributed by atoms with Gasteiger partial charge in [-0.15, -0.1) is 0 Å². The predicted molar refractivity (Wildman–Crippen MR) is 136 cm³/mol. The molecule has 0 unspecified atom stereocenters. The average Bonchev–Trinajstić information content (AvgIpc) is 2.77. The van der Waals surface area contributed by atoms with E-state index in [0.29, 0.717) is 23.0 Å². The van der Waals surface area contributed by atoms with Gasteiger partial charge >= 0.3 is 0 Å². The van der Waals surface area contributed by atoms with Crippen LogP contribution < -0.4 is 16.0 Å². The van der Waals surface area contributed by atoms with E-state index in [0.717, 1.165) is 51.3 Å². The molecule has 2 aromatic rings. The summed E-state index contributed by atoms with van der Waals surface area (Å²) in [5, 5.41) is 18.3. The molecule has 0 aliphatic carbocycles. The fourth-order valence-electron chi connectivity index (χ4n) is 3.83. The number of benzene rings is 1. The maximum atomic E-state index is 8.07. The van der Waals surface area contributed by atoms with Gasteiger partial charge in [-0.25, -0.2) is 9.97 Å². The highest BCUT2D eigenvalue weighted by Crippen LogP contribution is 2.28. The van der Waals surface area contributed by atoms with Crippen LogP contribution >= 0.6 is 0 Å². The van der Waals surface area contributed by atoms with Gasteiger partial charge in [0.25, 0.3) is 0 Å². The van der Waals surface area contributed by atoms with Crippen LogP contribution in [0.2, 0.25) is 0 Å². The van der Waals surface area contributed by atoms with Crippen LogP contribution in [0.25, 0.3) is 11.4 Å². The van der Waals surface area contributed by atoms with Crippen molar-refractivity contribution in [3.8, 4) is 11.4 Å². The maximum Gasteiger partial charge on any atom is 0.163 e. The molecule has 3 rings (SSSR count). The number of likely N-dealkylation sites (N-methyl/N-ethyl adjacent to an activating group) is 2. The van der Waals surface area contributed by atoms with Gasteiger partial charge in [-0.2, -0.15) is 0 Å². The van der Waals surface area contributed by atoms with Crippen LogP contribution in [0.4, 0.5) is 11.6 Å². The SMILES string of the molecule is CNCCN(C)Cc1cccc(-c2nc(NC3CCOCC3)c(C=N)c(NC(C)(C)C)n2)c1. The summed E-state index contributed by atoms with van der Waals surface area (Å²) in [4.78, 5) is 12.0. The summed E-state index contributed by atoms with van der Waals surface area (Å²) < 4.78 is 5.51. The number of aromatic nitrogens is 2. The lowest BCUT2D eigenvalue weighted by Gasteiger charge is -2.27. The summed E-state index contributed by atoms with van der Waals surface area (Å²) in [5.74, 6) is 2.03.